The van der Waals surface area contributed by atoms with Gasteiger partial charge in [-0.3, -0.25) is 4.79 Å². The summed E-state index contributed by atoms with van der Waals surface area (Å²) in [4.78, 5) is 46.8. The first-order valence-corrected chi connectivity index (χ1v) is 9.74. The van der Waals surface area contributed by atoms with Crippen molar-refractivity contribution in [2.24, 2.45) is 16.8 Å². The highest BCUT2D eigenvalue weighted by molar-refractivity contribution is 6.03. The summed E-state index contributed by atoms with van der Waals surface area (Å²) in [6, 6.07) is 25.5. The third-order valence-corrected chi connectivity index (χ3v) is 4.45. The molecule has 0 aromatic heterocycles. The van der Waals surface area contributed by atoms with Crippen LogP contribution in [0.15, 0.2) is 96.2 Å². The van der Waals surface area contributed by atoms with Crippen molar-refractivity contribution in [1.29, 1.82) is 0 Å². The van der Waals surface area contributed by atoms with Gasteiger partial charge < -0.3 is 15.4 Å². The first-order valence-electron chi connectivity index (χ1n) is 9.74. The summed E-state index contributed by atoms with van der Waals surface area (Å²) in [5.74, 6) is -3.46. The second-order valence-electron chi connectivity index (χ2n) is 6.73. The highest BCUT2D eigenvalue weighted by Gasteiger charge is 2.26. The number of carbonyl (C=O) groups excluding carboxylic acids is 3. The van der Waals surface area contributed by atoms with Gasteiger partial charge in [-0.1, -0.05) is 71.9 Å². The summed E-state index contributed by atoms with van der Waals surface area (Å²) >= 11 is 0. The molecule has 0 aliphatic heterocycles. The minimum absolute atomic E-state index is 0.147. The predicted molar refractivity (Wildman–Crippen MR) is 117 cm³/mol. The minimum Gasteiger partial charge on any atom is -0.384 e. The van der Waals surface area contributed by atoms with E-state index in [1.54, 1.807) is 72.8 Å². The Morgan fingerprint density at radius 3 is 1.84 bits per heavy atom. The summed E-state index contributed by atoms with van der Waals surface area (Å²) in [7, 11) is 0. The Kier molecular flexibility index (Phi) is 7.69. The Labute approximate surface area is 184 Å². The number of amides is 1. The van der Waals surface area contributed by atoms with Crippen LogP contribution in [0.5, 0.6) is 0 Å². The lowest BCUT2D eigenvalue weighted by Gasteiger charge is -2.15. The smallest absolute Gasteiger partial charge is 0.365 e. The minimum atomic E-state index is -1.05. The molecule has 32 heavy (non-hydrogen) atoms. The number of rotatable bonds is 7. The van der Waals surface area contributed by atoms with E-state index in [9.17, 15) is 14.4 Å². The number of hydrogen-bond acceptors (Lipinski definition) is 6. The second kappa shape index (κ2) is 11.1. The lowest BCUT2D eigenvalue weighted by atomic mass is 9.98. The van der Waals surface area contributed by atoms with Gasteiger partial charge >= 0.3 is 11.9 Å². The highest BCUT2D eigenvalue weighted by atomic mass is 16.7. The zero-order valence-electron chi connectivity index (χ0n) is 17.0. The van der Waals surface area contributed by atoms with Crippen LogP contribution in [0.4, 0.5) is 0 Å². The van der Waals surface area contributed by atoms with E-state index in [1.165, 1.54) is 0 Å². The van der Waals surface area contributed by atoms with Gasteiger partial charge in [-0.15, -0.1) is 0 Å². The molecule has 0 unspecified atom stereocenters. The molecule has 3 rings (SSSR count). The fraction of sp³-hybridized carbons (Fsp3) is 0.0833. The molecule has 8 nitrogen and oxygen atoms in total. The Morgan fingerprint density at radius 2 is 1.28 bits per heavy atom. The highest BCUT2D eigenvalue weighted by Crippen LogP contribution is 2.11. The SMILES string of the molecule is NC(=NOC(=O)c1ccccc1)[C@@H](Cc1ccccc1)C(=O)NOC(=O)c1ccccc1. The van der Waals surface area contributed by atoms with Gasteiger partial charge in [0.2, 0.25) is 0 Å². The van der Waals surface area contributed by atoms with Crippen molar-refractivity contribution in [2.45, 2.75) is 6.42 Å². The van der Waals surface area contributed by atoms with E-state index in [0.717, 1.165) is 5.56 Å². The molecular weight excluding hydrogens is 410 g/mol. The monoisotopic (exact) mass is 431 g/mol. The summed E-state index contributed by atoms with van der Waals surface area (Å²) in [6.45, 7) is 0. The Morgan fingerprint density at radius 1 is 0.781 bits per heavy atom. The molecule has 162 valence electrons. The van der Waals surface area contributed by atoms with Crippen LogP contribution in [0, 0.1) is 5.92 Å². The van der Waals surface area contributed by atoms with Gasteiger partial charge in [0.1, 0.15) is 5.92 Å². The van der Waals surface area contributed by atoms with E-state index >= 15 is 0 Å². The van der Waals surface area contributed by atoms with Crippen molar-refractivity contribution in [2.75, 3.05) is 0 Å². The van der Waals surface area contributed by atoms with Crippen molar-refractivity contribution in [3.8, 4) is 0 Å². The molecule has 0 radical (unpaired) electrons. The van der Waals surface area contributed by atoms with E-state index in [0.29, 0.717) is 0 Å². The lowest BCUT2D eigenvalue weighted by Crippen LogP contribution is -2.41. The van der Waals surface area contributed by atoms with Crippen molar-refractivity contribution < 1.29 is 24.1 Å². The summed E-state index contributed by atoms with van der Waals surface area (Å²) in [5.41, 5.74) is 9.43. The average Bonchev–Trinajstić information content (AvgIpc) is 2.85. The van der Waals surface area contributed by atoms with Crippen molar-refractivity contribution >= 4 is 23.7 Å². The molecule has 0 aliphatic carbocycles. The molecule has 3 aromatic carbocycles. The summed E-state index contributed by atoms with van der Waals surface area (Å²) < 4.78 is 0. The number of hydroxylamine groups is 1. The number of nitrogens with zero attached hydrogens (tertiary/aromatic N) is 1. The summed E-state index contributed by atoms with van der Waals surface area (Å²) in [6.07, 6.45) is 0.147. The van der Waals surface area contributed by atoms with Crippen LogP contribution in [0.1, 0.15) is 26.3 Å². The molecule has 0 aliphatic rings. The van der Waals surface area contributed by atoms with E-state index in [4.69, 9.17) is 15.4 Å². The molecule has 0 spiro atoms. The molecule has 3 aromatic rings. The third-order valence-electron chi connectivity index (χ3n) is 4.45. The van der Waals surface area contributed by atoms with Gasteiger partial charge in [-0.05, 0) is 36.2 Å². The van der Waals surface area contributed by atoms with Crippen LogP contribution < -0.4 is 11.2 Å². The van der Waals surface area contributed by atoms with Gasteiger partial charge in [0.15, 0.2) is 5.84 Å². The normalized spacial score (nSPS) is 11.8. The maximum atomic E-state index is 12.7. The van der Waals surface area contributed by atoms with Gasteiger partial charge in [0, 0.05) is 0 Å². The Hall–Kier alpha value is -4.46. The van der Waals surface area contributed by atoms with E-state index < -0.39 is 23.8 Å². The molecule has 8 heteroatoms. The first kappa shape index (κ1) is 22.2. The van der Waals surface area contributed by atoms with Gasteiger partial charge in [-0.25, -0.2) is 9.59 Å². The second-order valence-corrected chi connectivity index (χ2v) is 6.73. The predicted octanol–water partition coefficient (Wildman–Crippen LogP) is 2.86. The molecule has 3 N–H and O–H groups in total. The molecule has 1 atom stereocenters. The van der Waals surface area contributed by atoms with E-state index in [2.05, 4.69) is 10.6 Å². The fourth-order valence-electron chi connectivity index (χ4n) is 2.77. The Balaban J connectivity index is 1.71. The van der Waals surface area contributed by atoms with Crippen LogP contribution in [-0.4, -0.2) is 23.7 Å². The number of nitrogens with one attached hydrogen (secondary N) is 1. The summed E-state index contributed by atoms with van der Waals surface area (Å²) in [5, 5.41) is 3.65. The van der Waals surface area contributed by atoms with Crippen molar-refractivity contribution in [3.63, 3.8) is 0 Å². The maximum absolute atomic E-state index is 12.7. The zero-order chi connectivity index (χ0) is 22.8. The maximum Gasteiger partial charge on any atom is 0.365 e. The molecule has 0 fully saturated rings. The number of oxime groups is 1. The zero-order valence-corrected chi connectivity index (χ0v) is 17.0. The van der Waals surface area contributed by atoms with Gasteiger partial charge in [0.25, 0.3) is 5.91 Å². The molecule has 0 saturated carbocycles. The standard InChI is InChI=1S/C24H21N3O5/c25-21(26-31-23(29)18-12-6-2-7-13-18)20(16-17-10-4-1-5-11-17)22(28)27-32-24(30)19-14-8-3-9-15-19/h1-15,20H,16H2,(H2,25,26)(H,27,28)/t20-/m1/s1. The van der Waals surface area contributed by atoms with E-state index in [1.807, 2.05) is 18.2 Å². The average molecular weight is 431 g/mol. The van der Waals surface area contributed by atoms with Crippen LogP contribution >= 0.6 is 0 Å². The van der Waals surface area contributed by atoms with E-state index in [-0.39, 0.29) is 23.4 Å². The molecular formula is C24H21N3O5. The van der Waals surface area contributed by atoms with Gasteiger partial charge in [0.05, 0.1) is 11.1 Å². The quantitative estimate of drug-likeness (QED) is 0.257. The number of carbonyl (C=O) groups is 3. The lowest BCUT2D eigenvalue weighted by molar-refractivity contribution is -0.132. The largest absolute Gasteiger partial charge is 0.384 e. The number of nitrogens with two attached hydrogens (primary N) is 1. The van der Waals surface area contributed by atoms with Crippen LogP contribution in [0.2, 0.25) is 0 Å². The topological polar surface area (TPSA) is 120 Å². The van der Waals surface area contributed by atoms with Crippen LogP contribution in [-0.2, 0) is 20.9 Å². The molecule has 0 heterocycles. The van der Waals surface area contributed by atoms with Gasteiger partial charge in [-0.2, -0.15) is 5.48 Å². The number of benzene rings is 3. The molecule has 0 bridgehead atoms. The number of hydrogen-bond donors (Lipinski definition) is 2. The Bertz CT molecular complexity index is 1090. The first-order chi connectivity index (χ1) is 15.5. The number of amidine groups is 1. The van der Waals surface area contributed by atoms with Crippen molar-refractivity contribution in [1.82, 2.24) is 5.48 Å². The molecule has 0 saturated heterocycles. The third kappa shape index (κ3) is 6.27. The van der Waals surface area contributed by atoms with Crippen LogP contribution in [0.3, 0.4) is 0 Å². The fourth-order valence-corrected chi connectivity index (χ4v) is 2.77. The molecule has 1 amide bonds. The van der Waals surface area contributed by atoms with Crippen LogP contribution in [0.25, 0.3) is 0 Å². The van der Waals surface area contributed by atoms with Crippen molar-refractivity contribution in [3.05, 3.63) is 108 Å².